The fourth-order valence-electron chi connectivity index (χ4n) is 2.19. The standard InChI is InChI=1S/C15H20N2OS/c1-10(2)18-13-7-5-12(6-8-13)17-15-16-9-14(19-15)11-3-4-11/h5-8,10-11,14H,3-4,9H2,1-2H3,(H,16,17). The molecule has 1 aromatic carbocycles. The predicted octanol–water partition coefficient (Wildman–Crippen LogP) is 3.77. The maximum atomic E-state index is 5.63. The molecule has 3 rings (SSSR count). The lowest BCUT2D eigenvalue weighted by atomic mass is 10.3. The van der Waals surface area contributed by atoms with Gasteiger partial charge in [-0.3, -0.25) is 4.99 Å². The molecule has 0 saturated heterocycles. The lowest BCUT2D eigenvalue weighted by Crippen LogP contribution is -2.09. The van der Waals surface area contributed by atoms with Crippen molar-refractivity contribution in [1.82, 2.24) is 0 Å². The third-order valence-corrected chi connectivity index (χ3v) is 4.59. The van der Waals surface area contributed by atoms with E-state index in [9.17, 15) is 0 Å². The number of aliphatic imine (C=N–C) groups is 1. The summed E-state index contributed by atoms with van der Waals surface area (Å²) in [6.45, 7) is 5.05. The maximum Gasteiger partial charge on any atom is 0.161 e. The summed E-state index contributed by atoms with van der Waals surface area (Å²) in [5.41, 5.74) is 1.08. The van der Waals surface area contributed by atoms with Crippen LogP contribution in [0.25, 0.3) is 0 Å². The van der Waals surface area contributed by atoms with E-state index in [4.69, 9.17) is 4.74 Å². The van der Waals surface area contributed by atoms with Gasteiger partial charge in [0, 0.05) is 10.9 Å². The number of benzene rings is 1. The highest BCUT2D eigenvalue weighted by atomic mass is 32.2. The van der Waals surface area contributed by atoms with Crippen molar-refractivity contribution >= 4 is 22.6 Å². The molecule has 0 bridgehead atoms. The van der Waals surface area contributed by atoms with Crippen LogP contribution in [0.1, 0.15) is 26.7 Å². The number of amidine groups is 1. The van der Waals surface area contributed by atoms with Crippen molar-refractivity contribution < 1.29 is 4.74 Å². The van der Waals surface area contributed by atoms with Gasteiger partial charge in [-0.1, -0.05) is 11.8 Å². The van der Waals surface area contributed by atoms with Crippen LogP contribution >= 0.6 is 11.8 Å². The molecule has 3 nitrogen and oxygen atoms in total. The molecule has 1 aromatic rings. The van der Waals surface area contributed by atoms with Crippen molar-refractivity contribution in [3.8, 4) is 5.75 Å². The van der Waals surface area contributed by atoms with Crippen molar-refractivity contribution in [3.05, 3.63) is 24.3 Å². The van der Waals surface area contributed by atoms with Crippen LogP contribution in [0.5, 0.6) is 5.75 Å². The lowest BCUT2D eigenvalue weighted by molar-refractivity contribution is 0.242. The van der Waals surface area contributed by atoms with Crippen molar-refractivity contribution in [2.24, 2.45) is 10.9 Å². The highest BCUT2D eigenvalue weighted by Crippen LogP contribution is 2.41. The first kappa shape index (κ1) is 12.9. The van der Waals surface area contributed by atoms with Gasteiger partial charge in [-0.15, -0.1) is 0 Å². The molecule has 4 heteroatoms. The van der Waals surface area contributed by atoms with Crippen LogP contribution < -0.4 is 10.1 Å². The Morgan fingerprint density at radius 2 is 2.00 bits per heavy atom. The van der Waals surface area contributed by atoms with Gasteiger partial charge in [-0.2, -0.15) is 0 Å². The highest BCUT2D eigenvalue weighted by Gasteiger charge is 2.35. The zero-order valence-electron chi connectivity index (χ0n) is 11.4. The summed E-state index contributed by atoms with van der Waals surface area (Å²) in [6.07, 6.45) is 3.00. The van der Waals surface area contributed by atoms with Crippen LogP contribution in [0.15, 0.2) is 29.3 Å². The summed E-state index contributed by atoms with van der Waals surface area (Å²) < 4.78 is 5.63. The highest BCUT2D eigenvalue weighted by molar-refractivity contribution is 8.15. The average molecular weight is 276 g/mol. The van der Waals surface area contributed by atoms with Crippen LogP contribution in [-0.4, -0.2) is 23.1 Å². The Labute approximate surface area is 118 Å². The summed E-state index contributed by atoms with van der Waals surface area (Å²) in [5, 5.41) is 5.17. The molecule has 0 spiro atoms. The Balaban J connectivity index is 1.55. The van der Waals surface area contributed by atoms with E-state index in [1.54, 1.807) is 0 Å². The molecule has 1 aliphatic heterocycles. The third kappa shape index (κ3) is 3.44. The average Bonchev–Trinajstić information content (AvgIpc) is 3.12. The molecular formula is C15H20N2OS. The molecule has 102 valence electrons. The molecule has 2 aliphatic rings. The summed E-state index contributed by atoms with van der Waals surface area (Å²) in [5.74, 6) is 1.83. The van der Waals surface area contributed by atoms with Crippen LogP contribution in [0.4, 0.5) is 5.69 Å². The second-order valence-corrected chi connectivity index (χ2v) is 6.68. The van der Waals surface area contributed by atoms with E-state index in [0.29, 0.717) is 5.25 Å². The minimum absolute atomic E-state index is 0.216. The number of thioether (sulfide) groups is 1. The molecule has 1 fully saturated rings. The molecule has 1 N–H and O–H groups in total. The van der Waals surface area contributed by atoms with E-state index >= 15 is 0 Å². The van der Waals surface area contributed by atoms with E-state index in [1.807, 2.05) is 49.9 Å². The number of nitrogens with one attached hydrogen (secondary N) is 1. The van der Waals surface area contributed by atoms with Crippen LogP contribution in [0.3, 0.4) is 0 Å². The van der Waals surface area contributed by atoms with Gasteiger partial charge in [-0.05, 0) is 56.9 Å². The van der Waals surface area contributed by atoms with Gasteiger partial charge in [0.25, 0.3) is 0 Å². The Bertz CT molecular complexity index is 466. The molecule has 0 radical (unpaired) electrons. The number of anilines is 1. The molecular weight excluding hydrogens is 256 g/mol. The number of hydrogen-bond donors (Lipinski definition) is 1. The molecule has 1 aliphatic carbocycles. The van der Waals surface area contributed by atoms with E-state index in [2.05, 4.69) is 10.3 Å². The van der Waals surface area contributed by atoms with Crippen molar-refractivity contribution in [1.29, 1.82) is 0 Å². The Morgan fingerprint density at radius 1 is 1.26 bits per heavy atom. The predicted molar refractivity (Wildman–Crippen MR) is 82.2 cm³/mol. The summed E-state index contributed by atoms with van der Waals surface area (Å²) in [4.78, 5) is 4.58. The summed E-state index contributed by atoms with van der Waals surface area (Å²) in [7, 11) is 0. The zero-order valence-corrected chi connectivity index (χ0v) is 12.2. The minimum atomic E-state index is 0.216. The first-order chi connectivity index (χ1) is 9.20. The first-order valence-corrected chi connectivity index (χ1v) is 7.83. The number of hydrogen-bond acceptors (Lipinski definition) is 4. The second-order valence-electron chi connectivity index (χ2n) is 5.46. The first-order valence-electron chi connectivity index (χ1n) is 6.95. The second kappa shape index (κ2) is 5.45. The molecule has 0 aromatic heterocycles. The lowest BCUT2D eigenvalue weighted by Gasteiger charge is -2.11. The number of nitrogens with zero attached hydrogens (tertiary/aromatic N) is 1. The van der Waals surface area contributed by atoms with Gasteiger partial charge < -0.3 is 10.1 Å². The normalized spacial score (nSPS) is 22.5. The Kier molecular flexibility index (Phi) is 3.69. The molecule has 1 heterocycles. The van der Waals surface area contributed by atoms with Gasteiger partial charge in [0.15, 0.2) is 5.17 Å². The fraction of sp³-hybridized carbons (Fsp3) is 0.533. The van der Waals surface area contributed by atoms with E-state index < -0.39 is 0 Å². The van der Waals surface area contributed by atoms with Crippen LogP contribution in [-0.2, 0) is 0 Å². The van der Waals surface area contributed by atoms with E-state index in [0.717, 1.165) is 29.1 Å². The maximum absolute atomic E-state index is 5.63. The zero-order chi connectivity index (χ0) is 13.2. The molecule has 0 amide bonds. The van der Waals surface area contributed by atoms with Crippen molar-refractivity contribution in [2.75, 3.05) is 11.9 Å². The topological polar surface area (TPSA) is 33.6 Å². The molecule has 1 atom stereocenters. The van der Waals surface area contributed by atoms with Gasteiger partial charge in [-0.25, -0.2) is 0 Å². The largest absolute Gasteiger partial charge is 0.491 e. The quantitative estimate of drug-likeness (QED) is 0.909. The number of ether oxygens (including phenoxy) is 1. The monoisotopic (exact) mass is 276 g/mol. The summed E-state index contributed by atoms with van der Waals surface area (Å²) in [6, 6.07) is 8.10. The summed E-state index contributed by atoms with van der Waals surface area (Å²) >= 11 is 1.90. The third-order valence-electron chi connectivity index (χ3n) is 3.30. The SMILES string of the molecule is CC(C)Oc1ccc(NC2=NCC(C3CC3)S2)cc1. The van der Waals surface area contributed by atoms with Gasteiger partial charge in [0.05, 0.1) is 12.6 Å². The van der Waals surface area contributed by atoms with Crippen molar-refractivity contribution in [2.45, 2.75) is 38.0 Å². The Hall–Kier alpha value is -1.16. The van der Waals surface area contributed by atoms with Crippen LogP contribution in [0, 0.1) is 5.92 Å². The van der Waals surface area contributed by atoms with Crippen molar-refractivity contribution in [3.63, 3.8) is 0 Å². The minimum Gasteiger partial charge on any atom is -0.491 e. The van der Waals surface area contributed by atoms with Gasteiger partial charge in [0.1, 0.15) is 5.75 Å². The fourth-order valence-corrected chi connectivity index (χ4v) is 3.41. The molecule has 1 saturated carbocycles. The van der Waals surface area contributed by atoms with E-state index in [1.165, 1.54) is 12.8 Å². The molecule has 19 heavy (non-hydrogen) atoms. The molecule has 1 unspecified atom stereocenters. The Morgan fingerprint density at radius 3 is 2.63 bits per heavy atom. The van der Waals surface area contributed by atoms with E-state index in [-0.39, 0.29) is 6.10 Å². The van der Waals surface area contributed by atoms with Gasteiger partial charge >= 0.3 is 0 Å². The van der Waals surface area contributed by atoms with Crippen LogP contribution in [0.2, 0.25) is 0 Å². The smallest absolute Gasteiger partial charge is 0.161 e. The number of rotatable bonds is 4. The van der Waals surface area contributed by atoms with Gasteiger partial charge in [0.2, 0.25) is 0 Å².